The van der Waals surface area contributed by atoms with Crippen LogP contribution in [-0.4, -0.2) is 26.8 Å². The topological polar surface area (TPSA) is 59.8 Å². The molecule has 1 aliphatic heterocycles. The lowest BCUT2D eigenvalue weighted by molar-refractivity contribution is -0.179. The highest BCUT2D eigenvalue weighted by molar-refractivity contribution is 7.10. The molecule has 9 heteroatoms. The van der Waals surface area contributed by atoms with Gasteiger partial charge in [-0.2, -0.15) is 13.2 Å². The van der Waals surface area contributed by atoms with Crippen LogP contribution < -0.4 is 5.32 Å². The number of carbonyl (C=O) groups is 1. The van der Waals surface area contributed by atoms with Crippen LogP contribution in [-0.2, 0) is 24.3 Å². The Bertz CT molecular complexity index is 736. The van der Waals surface area contributed by atoms with Crippen molar-refractivity contribution in [3.63, 3.8) is 0 Å². The summed E-state index contributed by atoms with van der Waals surface area (Å²) in [4.78, 5) is 12.7. The number of hydrogen-bond donors (Lipinski definition) is 1. The monoisotopic (exact) mass is 356 g/mol. The van der Waals surface area contributed by atoms with Crippen LogP contribution in [0.5, 0.6) is 0 Å². The van der Waals surface area contributed by atoms with Gasteiger partial charge in [0.2, 0.25) is 5.91 Å². The van der Waals surface area contributed by atoms with Gasteiger partial charge in [0.1, 0.15) is 5.82 Å². The molecule has 24 heavy (non-hydrogen) atoms. The molecule has 0 bridgehead atoms. The number of alkyl halides is 3. The minimum atomic E-state index is -4.21. The van der Waals surface area contributed by atoms with Crippen LogP contribution in [0.15, 0.2) is 23.6 Å². The smallest absolute Gasteiger partial charge is 0.345 e. The predicted octanol–water partition coefficient (Wildman–Crippen LogP) is 2.79. The van der Waals surface area contributed by atoms with E-state index in [0.29, 0.717) is 11.6 Å². The molecule has 1 amide bonds. The van der Waals surface area contributed by atoms with E-state index in [1.165, 1.54) is 17.4 Å². The first-order valence-corrected chi connectivity index (χ1v) is 8.28. The molecule has 0 unspecified atom stereocenters. The second-order valence-corrected chi connectivity index (χ2v) is 6.46. The molecule has 0 radical (unpaired) electrons. The normalized spacial score (nSPS) is 17.9. The Morgan fingerprint density at radius 2 is 2.29 bits per heavy atom. The molecular weight excluding hydrogens is 341 g/mol. The second-order valence-electron chi connectivity index (χ2n) is 5.48. The molecule has 0 fully saturated rings. The van der Waals surface area contributed by atoms with Crippen molar-refractivity contribution in [3.05, 3.63) is 40.1 Å². The molecule has 3 rings (SSSR count). The van der Waals surface area contributed by atoms with E-state index in [1.807, 2.05) is 17.5 Å². The van der Waals surface area contributed by atoms with Crippen molar-refractivity contribution in [3.8, 4) is 0 Å². The van der Waals surface area contributed by atoms with Gasteiger partial charge in [-0.3, -0.25) is 4.79 Å². The maximum atomic E-state index is 12.8. The first-order chi connectivity index (χ1) is 11.4. The average Bonchev–Trinajstić information content (AvgIpc) is 3.19. The van der Waals surface area contributed by atoms with Gasteiger partial charge in [-0.1, -0.05) is 6.07 Å². The molecular formula is C15H15F3N4OS. The fourth-order valence-corrected chi connectivity index (χ4v) is 3.19. The zero-order valence-corrected chi connectivity index (χ0v) is 13.4. The fourth-order valence-electron chi connectivity index (χ4n) is 2.57. The van der Waals surface area contributed by atoms with Gasteiger partial charge >= 0.3 is 6.18 Å². The first-order valence-electron chi connectivity index (χ1n) is 7.40. The number of hydrogen-bond acceptors (Lipinski definition) is 4. The van der Waals surface area contributed by atoms with Gasteiger partial charge in [-0.15, -0.1) is 21.5 Å². The molecule has 3 heterocycles. The molecule has 2 aromatic heterocycles. The van der Waals surface area contributed by atoms with Crippen LogP contribution in [0.4, 0.5) is 13.2 Å². The Morgan fingerprint density at radius 1 is 1.46 bits per heavy atom. The second kappa shape index (κ2) is 6.76. The number of nitrogens with one attached hydrogen (secondary N) is 1. The van der Waals surface area contributed by atoms with Crippen molar-refractivity contribution in [1.82, 2.24) is 20.1 Å². The molecule has 128 valence electrons. The van der Waals surface area contributed by atoms with Gasteiger partial charge in [-0.05, 0) is 23.9 Å². The number of aromatic nitrogens is 3. The summed E-state index contributed by atoms with van der Waals surface area (Å²) in [6.45, 7) is 0.347. The SMILES string of the molecule is O=C(/C=C/c1cccs1)NCc1nnc2n1CC[C@@H](C(F)(F)F)C2. The Balaban J connectivity index is 1.58. The van der Waals surface area contributed by atoms with E-state index >= 15 is 0 Å². The van der Waals surface area contributed by atoms with Crippen molar-refractivity contribution >= 4 is 23.3 Å². The van der Waals surface area contributed by atoms with Crippen LogP contribution in [0.25, 0.3) is 6.08 Å². The van der Waals surface area contributed by atoms with E-state index in [9.17, 15) is 18.0 Å². The summed E-state index contributed by atoms with van der Waals surface area (Å²) in [5, 5.41) is 12.3. The van der Waals surface area contributed by atoms with Crippen LogP contribution in [0.1, 0.15) is 22.9 Å². The summed E-state index contributed by atoms with van der Waals surface area (Å²) in [5.74, 6) is -0.861. The maximum absolute atomic E-state index is 12.8. The zero-order chi connectivity index (χ0) is 17.2. The zero-order valence-electron chi connectivity index (χ0n) is 12.6. The Morgan fingerprint density at radius 3 is 3.00 bits per heavy atom. The van der Waals surface area contributed by atoms with Crippen molar-refractivity contribution in [2.75, 3.05) is 0 Å². The largest absolute Gasteiger partial charge is 0.392 e. The highest BCUT2D eigenvalue weighted by Crippen LogP contribution is 2.34. The number of thiophene rings is 1. The molecule has 5 nitrogen and oxygen atoms in total. The molecule has 2 aromatic rings. The first kappa shape index (κ1) is 16.7. The number of fused-ring (bicyclic) bond motifs is 1. The van der Waals surface area contributed by atoms with Crippen LogP contribution >= 0.6 is 11.3 Å². The molecule has 1 aliphatic rings. The summed E-state index contributed by atoms with van der Waals surface area (Å²) < 4.78 is 40.0. The van der Waals surface area contributed by atoms with Gasteiger partial charge in [0, 0.05) is 23.9 Å². The third-order valence-corrected chi connectivity index (χ3v) is 4.70. The van der Waals surface area contributed by atoms with E-state index < -0.39 is 12.1 Å². The van der Waals surface area contributed by atoms with Crippen molar-refractivity contribution in [1.29, 1.82) is 0 Å². The van der Waals surface area contributed by atoms with E-state index in [2.05, 4.69) is 15.5 Å². The molecule has 1 atom stereocenters. The lowest BCUT2D eigenvalue weighted by Crippen LogP contribution is -2.32. The van der Waals surface area contributed by atoms with Crippen LogP contribution in [0.3, 0.4) is 0 Å². The summed E-state index contributed by atoms with van der Waals surface area (Å²) in [6.07, 6.45) is -1.25. The standard InChI is InChI=1S/C15H15F3N4OS/c16-15(17,18)10-5-6-22-12(8-10)20-21-13(22)9-19-14(23)4-3-11-2-1-7-24-11/h1-4,7,10H,5-6,8-9H2,(H,19,23)/b4-3+/t10-/m1/s1. The van der Waals surface area contributed by atoms with E-state index in [1.54, 1.807) is 10.6 Å². The van der Waals surface area contributed by atoms with Gasteiger partial charge < -0.3 is 9.88 Å². The van der Waals surface area contributed by atoms with Gasteiger partial charge in [-0.25, -0.2) is 0 Å². The number of nitrogens with zero attached hydrogens (tertiary/aromatic N) is 3. The van der Waals surface area contributed by atoms with Gasteiger partial charge in [0.15, 0.2) is 5.82 Å². The molecule has 0 aromatic carbocycles. The number of carbonyl (C=O) groups excluding carboxylic acids is 1. The Kier molecular flexibility index (Phi) is 4.70. The van der Waals surface area contributed by atoms with Crippen LogP contribution in [0, 0.1) is 5.92 Å². The summed E-state index contributed by atoms with van der Waals surface area (Å²) >= 11 is 1.52. The minimum absolute atomic E-state index is 0.00771. The van der Waals surface area contributed by atoms with Crippen molar-refractivity contribution in [2.24, 2.45) is 5.92 Å². The third kappa shape index (κ3) is 3.84. The average molecular weight is 356 g/mol. The minimum Gasteiger partial charge on any atom is -0.345 e. The Hall–Kier alpha value is -2.16. The molecule has 1 N–H and O–H groups in total. The Labute approximate surface area is 140 Å². The summed E-state index contributed by atoms with van der Waals surface area (Å²) in [6, 6.07) is 3.78. The van der Waals surface area contributed by atoms with Gasteiger partial charge in [0.05, 0.1) is 12.5 Å². The van der Waals surface area contributed by atoms with E-state index in [0.717, 1.165) is 4.88 Å². The van der Waals surface area contributed by atoms with E-state index in [4.69, 9.17) is 0 Å². The number of halogens is 3. The third-order valence-electron chi connectivity index (χ3n) is 3.86. The molecule has 0 saturated heterocycles. The molecule has 0 aliphatic carbocycles. The lowest BCUT2D eigenvalue weighted by atomic mass is 9.97. The fraction of sp³-hybridized carbons (Fsp3) is 0.400. The van der Waals surface area contributed by atoms with Crippen molar-refractivity contribution in [2.45, 2.75) is 32.1 Å². The molecule has 0 spiro atoms. The van der Waals surface area contributed by atoms with Gasteiger partial charge in [0.25, 0.3) is 0 Å². The number of rotatable bonds is 4. The molecule has 0 saturated carbocycles. The predicted molar refractivity (Wildman–Crippen MR) is 83.1 cm³/mol. The van der Waals surface area contributed by atoms with Crippen molar-refractivity contribution < 1.29 is 18.0 Å². The summed E-state index contributed by atoms with van der Waals surface area (Å²) in [5.41, 5.74) is 0. The maximum Gasteiger partial charge on any atom is 0.392 e. The number of amides is 1. The van der Waals surface area contributed by atoms with Crippen LogP contribution in [0.2, 0.25) is 0 Å². The highest BCUT2D eigenvalue weighted by atomic mass is 32.1. The highest BCUT2D eigenvalue weighted by Gasteiger charge is 2.42. The summed E-state index contributed by atoms with van der Waals surface area (Å²) in [7, 11) is 0. The van der Waals surface area contributed by atoms with E-state index in [-0.39, 0.29) is 31.8 Å². The lowest BCUT2D eigenvalue weighted by Gasteiger charge is -2.25. The quantitative estimate of drug-likeness (QED) is 0.857.